The molecule has 1 saturated heterocycles. The van der Waals surface area contributed by atoms with Gasteiger partial charge in [-0.1, -0.05) is 66.2 Å². The monoisotopic (exact) mass is 368 g/mol. The Labute approximate surface area is 166 Å². The number of pyridine rings is 1. The Morgan fingerprint density at radius 3 is 1.93 bits per heavy atom. The summed E-state index contributed by atoms with van der Waals surface area (Å²) in [4.78, 5) is 19.0. The quantitative estimate of drug-likeness (QED) is 0.642. The molecule has 3 nitrogen and oxygen atoms in total. The second kappa shape index (κ2) is 8.22. The van der Waals surface area contributed by atoms with Gasteiger partial charge >= 0.3 is 0 Å². The molecular formula is C25H24N2O. The van der Waals surface area contributed by atoms with Crippen LogP contribution in [0.25, 0.3) is 5.57 Å². The van der Waals surface area contributed by atoms with Crippen molar-refractivity contribution in [2.45, 2.75) is 19.8 Å². The number of aromatic nitrogens is 1. The van der Waals surface area contributed by atoms with Gasteiger partial charge in [-0.25, -0.2) is 0 Å². The van der Waals surface area contributed by atoms with Gasteiger partial charge in [0.15, 0.2) is 0 Å². The number of benzene rings is 2. The molecule has 0 N–H and O–H groups in total. The van der Waals surface area contributed by atoms with Crippen LogP contribution in [0.15, 0.2) is 84.7 Å². The number of amides is 1. The zero-order chi connectivity index (χ0) is 19.3. The number of carbonyl (C=O) groups excluding carboxylic acids is 1. The van der Waals surface area contributed by atoms with Gasteiger partial charge in [0.05, 0.1) is 5.56 Å². The zero-order valence-electron chi connectivity index (χ0n) is 16.1. The molecule has 2 heterocycles. The number of carbonyl (C=O) groups is 1. The molecule has 4 rings (SSSR count). The summed E-state index contributed by atoms with van der Waals surface area (Å²) < 4.78 is 0. The van der Waals surface area contributed by atoms with Crippen LogP contribution in [0, 0.1) is 6.92 Å². The van der Waals surface area contributed by atoms with Gasteiger partial charge < -0.3 is 4.90 Å². The Morgan fingerprint density at radius 2 is 1.39 bits per heavy atom. The van der Waals surface area contributed by atoms with Gasteiger partial charge in [-0.3, -0.25) is 9.78 Å². The largest absolute Gasteiger partial charge is 0.338 e. The lowest BCUT2D eigenvalue weighted by Crippen LogP contribution is -2.36. The van der Waals surface area contributed by atoms with E-state index in [9.17, 15) is 4.79 Å². The van der Waals surface area contributed by atoms with Crippen LogP contribution in [0.5, 0.6) is 0 Å². The zero-order valence-corrected chi connectivity index (χ0v) is 16.1. The lowest BCUT2D eigenvalue weighted by Gasteiger charge is -2.30. The van der Waals surface area contributed by atoms with Gasteiger partial charge in [0, 0.05) is 25.5 Å². The Kier molecular flexibility index (Phi) is 5.34. The van der Waals surface area contributed by atoms with Gasteiger partial charge in [0.1, 0.15) is 0 Å². The average molecular weight is 368 g/mol. The lowest BCUT2D eigenvalue weighted by atomic mass is 9.88. The Morgan fingerprint density at radius 1 is 0.821 bits per heavy atom. The average Bonchev–Trinajstić information content (AvgIpc) is 2.75. The van der Waals surface area contributed by atoms with Gasteiger partial charge in [0.25, 0.3) is 5.91 Å². The Bertz CT molecular complexity index is 942. The van der Waals surface area contributed by atoms with Crippen molar-refractivity contribution in [3.63, 3.8) is 0 Å². The third-order valence-electron chi connectivity index (χ3n) is 5.25. The molecular weight excluding hydrogens is 344 g/mol. The fourth-order valence-corrected chi connectivity index (χ4v) is 3.87. The summed E-state index contributed by atoms with van der Waals surface area (Å²) in [5, 5.41) is 0. The summed E-state index contributed by atoms with van der Waals surface area (Å²) >= 11 is 0. The summed E-state index contributed by atoms with van der Waals surface area (Å²) in [5.74, 6) is 0.0798. The van der Waals surface area contributed by atoms with E-state index >= 15 is 0 Å². The van der Waals surface area contributed by atoms with E-state index in [1.54, 1.807) is 12.4 Å². The minimum absolute atomic E-state index is 0.0798. The van der Waals surface area contributed by atoms with E-state index in [2.05, 4.69) is 53.5 Å². The molecule has 0 bridgehead atoms. The maximum Gasteiger partial charge on any atom is 0.255 e. The maximum absolute atomic E-state index is 12.8. The minimum Gasteiger partial charge on any atom is -0.338 e. The number of likely N-dealkylation sites (tertiary alicyclic amines) is 1. The van der Waals surface area contributed by atoms with E-state index in [1.165, 1.54) is 22.3 Å². The lowest BCUT2D eigenvalue weighted by molar-refractivity contribution is 0.0743. The van der Waals surface area contributed by atoms with Crippen LogP contribution < -0.4 is 0 Å². The third kappa shape index (κ3) is 3.89. The summed E-state index contributed by atoms with van der Waals surface area (Å²) in [6, 6.07) is 23.0. The molecule has 28 heavy (non-hydrogen) atoms. The maximum atomic E-state index is 12.8. The molecule has 1 fully saturated rings. The standard InChI is InChI=1S/C25H24N2O/c1-19-16-23(18-26-17-19)25(28)27-14-12-22(13-15-27)24(20-8-4-2-5-9-20)21-10-6-3-7-11-21/h2-11,16-18H,12-15H2,1H3. The van der Waals surface area contributed by atoms with E-state index in [-0.39, 0.29) is 5.91 Å². The Balaban J connectivity index is 1.60. The third-order valence-corrected chi connectivity index (χ3v) is 5.25. The first-order valence-electron chi connectivity index (χ1n) is 9.76. The molecule has 0 spiro atoms. The van der Waals surface area contributed by atoms with Crippen LogP contribution in [-0.2, 0) is 0 Å². The normalized spacial score (nSPS) is 14.0. The van der Waals surface area contributed by atoms with Crippen molar-refractivity contribution < 1.29 is 4.79 Å². The van der Waals surface area contributed by atoms with Crippen LogP contribution in [-0.4, -0.2) is 28.9 Å². The predicted molar refractivity (Wildman–Crippen MR) is 113 cm³/mol. The summed E-state index contributed by atoms with van der Waals surface area (Å²) in [5.41, 5.74) is 6.91. The molecule has 1 aromatic heterocycles. The van der Waals surface area contributed by atoms with Crippen LogP contribution in [0.2, 0.25) is 0 Å². The molecule has 3 aromatic rings. The fourth-order valence-electron chi connectivity index (χ4n) is 3.87. The van der Waals surface area contributed by atoms with Crippen molar-refractivity contribution in [1.29, 1.82) is 0 Å². The van der Waals surface area contributed by atoms with E-state index < -0.39 is 0 Å². The topological polar surface area (TPSA) is 33.2 Å². The van der Waals surface area contributed by atoms with Gasteiger partial charge in [0.2, 0.25) is 0 Å². The summed E-state index contributed by atoms with van der Waals surface area (Å²) in [6.45, 7) is 3.45. The van der Waals surface area contributed by atoms with E-state index in [0.717, 1.165) is 31.5 Å². The van der Waals surface area contributed by atoms with Crippen molar-refractivity contribution in [2.24, 2.45) is 0 Å². The first-order chi connectivity index (χ1) is 13.7. The number of piperidine rings is 1. The smallest absolute Gasteiger partial charge is 0.255 e. The predicted octanol–water partition coefficient (Wildman–Crippen LogP) is 5.13. The second-order valence-corrected chi connectivity index (χ2v) is 7.25. The van der Waals surface area contributed by atoms with E-state index in [0.29, 0.717) is 5.56 Å². The molecule has 2 aromatic carbocycles. The number of hydrogen-bond donors (Lipinski definition) is 0. The second-order valence-electron chi connectivity index (χ2n) is 7.25. The molecule has 0 aliphatic carbocycles. The van der Waals surface area contributed by atoms with Crippen molar-refractivity contribution in [2.75, 3.05) is 13.1 Å². The highest BCUT2D eigenvalue weighted by Gasteiger charge is 2.23. The molecule has 3 heteroatoms. The molecule has 1 aliphatic heterocycles. The highest BCUT2D eigenvalue weighted by Crippen LogP contribution is 2.32. The van der Waals surface area contributed by atoms with E-state index in [4.69, 9.17) is 0 Å². The molecule has 0 unspecified atom stereocenters. The summed E-state index contributed by atoms with van der Waals surface area (Å²) in [6.07, 6.45) is 5.23. The first kappa shape index (κ1) is 18.2. The Hall–Kier alpha value is -3.20. The van der Waals surface area contributed by atoms with Crippen molar-refractivity contribution in [1.82, 2.24) is 9.88 Å². The van der Waals surface area contributed by atoms with Crippen LogP contribution in [0.3, 0.4) is 0 Å². The first-order valence-corrected chi connectivity index (χ1v) is 9.76. The van der Waals surface area contributed by atoms with Crippen molar-refractivity contribution >= 4 is 11.5 Å². The highest BCUT2D eigenvalue weighted by atomic mass is 16.2. The van der Waals surface area contributed by atoms with Gasteiger partial charge in [-0.2, -0.15) is 0 Å². The fraction of sp³-hybridized carbons (Fsp3) is 0.200. The molecule has 0 atom stereocenters. The molecule has 1 aliphatic rings. The molecule has 0 saturated carbocycles. The number of aryl methyl sites for hydroxylation is 1. The molecule has 1 amide bonds. The van der Waals surface area contributed by atoms with Gasteiger partial charge in [-0.05, 0) is 48.1 Å². The van der Waals surface area contributed by atoms with E-state index in [1.807, 2.05) is 30.0 Å². The number of rotatable bonds is 3. The highest BCUT2D eigenvalue weighted by molar-refractivity contribution is 5.94. The number of nitrogens with zero attached hydrogens (tertiary/aromatic N) is 2. The number of hydrogen-bond acceptors (Lipinski definition) is 2. The van der Waals surface area contributed by atoms with Crippen molar-refractivity contribution in [3.05, 3.63) is 107 Å². The SMILES string of the molecule is Cc1cncc(C(=O)N2CCC(=C(c3ccccc3)c3ccccc3)CC2)c1. The van der Waals surface area contributed by atoms with Crippen LogP contribution in [0.4, 0.5) is 0 Å². The van der Waals surface area contributed by atoms with Gasteiger partial charge in [-0.15, -0.1) is 0 Å². The van der Waals surface area contributed by atoms with Crippen LogP contribution in [0.1, 0.15) is 39.9 Å². The van der Waals surface area contributed by atoms with Crippen molar-refractivity contribution in [3.8, 4) is 0 Å². The van der Waals surface area contributed by atoms with Crippen LogP contribution >= 0.6 is 0 Å². The molecule has 0 radical (unpaired) electrons. The summed E-state index contributed by atoms with van der Waals surface area (Å²) in [7, 11) is 0. The molecule has 140 valence electrons. The minimum atomic E-state index is 0.0798.